The van der Waals surface area contributed by atoms with Gasteiger partial charge in [-0.2, -0.15) is 4.98 Å². The lowest BCUT2D eigenvalue weighted by atomic mass is 10.2. The smallest absolute Gasteiger partial charge is 0.257 e. The molecule has 2 atom stereocenters. The van der Waals surface area contributed by atoms with Crippen molar-refractivity contribution < 1.29 is 9.26 Å². The highest BCUT2D eigenvalue weighted by atomic mass is 16.5. The lowest BCUT2D eigenvalue weighted by Gasteiger charge is -2.32. The highest BCUT2D eigenvalue weighted by Crippen LogP contribution is 2.23. The van der Waals surface area contributed by atoms with Crippen molar-refractivity contribution in [3.05, 3.63) is 42.3 Å². The van der Waals surface area contributed by atoms with Gasteiger partial charge in [0.05, 0.1) is 23.5 Å². The van der Waals surface area contributed by atoms with Crippen molar-refractivity contribution in [3.8, 4) is 0 Å². The molecule has 126 valence electrons. The zero-order chi connectivity index (χ0) is 16.5. The third-order valence-corrected chi connectivity index (χ3v) is 4.31. The van der Waals surface area contributed by atoms with Gasteiger partial charge in [-0.3, -0.25) is 0 Å². The van der Waals surface area contributed by atoms with Crippen molar-refractivity contribution >= 4 is 11.0 Å². The van der Waals surface area contributed by atoms with Gasteiger partial charge >= 0.3 is 0 Å². The number of likely N-dealkylation sites (N-methyl/N-ethyl adjacent to an activating group) is 1. The topological polar surface area (TPSA) is 69.2 Å². The monoisotopic (exact) mass is 327 g/mol. The SMILES string of the molecule is C[C@@H]1CN(C)C[C@H](c2nc(CCn3cnc4ccccc43)no2)O1. The molecule has 0 amide bonds. The Labute approximate surface area is 140 Å². The summed E-state index contributed by atoms with van der Waals surface area (Å²) in [5.74, 6) is 1.27. The third-order valence-electron chi connectivity index (χ3n) is 4.31. The second-order valence-electron chi connectivity index (χ2n) is 6.38. The van der Waals surface area contributed by atoms with Gasteiger partial charge in [0.15, 0.2) is 5.82 Å². The molecule has 0 saturated carbocycles. The van der Waals surface area contributed by atoms with E-state index in [0.29, 0.717) is 18.1 Å². The molecule has 0 radical (unpaired) electrons. The number of aryl methyl sites for hydroxylation is 2. The molecule has 3 heterocycles. The number of para-hydroxylation sites is 2. The van der Waals surface area contributed by atoms with Crippen molar-refractivity contribution in [1.29, 1.82) is 0 Å². The molecule has 1 saturated heterocycles. The van der Waals surface area contributed by atoms with E-state index in [1.807, 2.05) is 24.5 Å². The van der Waals surface area contributed by atoms with Gasteiger partial charge < -0.3 is 18.7 Å². The second-order valence-corrected chi connectivity index (χ2v) is 6.38. The maximum atomic E-state index is 5.91. The fraction of sp³-hybridized carbons (Fsp3) is 0.471. The number of morpholine rings is 1. The second kappa shape index (κ2) is 6.33. The van der Waals surface area contributed by atoms with Gasteiger partial charge in [0.25, 0.3) is 5.89 Å². The van der Waals surface area contributed by atoms with Gasteiger partial charge in [0.2, 0.25) is 0 Å². The fourth-order valence-corrected chi connectivity index (χ4v) is 3.21. The van der Waals surface area contributed by atoms with Gasteiger partial charge in [-0.15, -0.1) is 0 Å². The van der Waals surface area contributed by atoms with Crippen LogP contribution >= 0.6 is 0 Å². The fourth-order valence-electron chi connectivity index (χ4n) is 3.21. The van der Waals surface area contributed by atoms with Gasteiger partial charge in [-0.1, -0.05) is 17.3 Å². The Morgan fingerprint density at radius 3 is 3.00 bits per heavy atom. The van der Waals surface area contributed by atoms with E-state index in [-0.39, 0.29) is 12.2 Å². The van der Waals surface area contributed by atoms with Crippen molar-refractivity contribution in [1.82, 2.24) is 24.6 Å². The molecule has 0 N–H and O–H groups in total. The summed E-state index contributed by atoms with van der Waals surface area (Å²) in [5.41, 5.74) is 2.12. The summed E-state index contributed by atoms with van der Waals surface area (Å²) >= 11 is 0. The zero-order valence-corrected chi connectivity index (χ0v) is 13.9. The van der Waals surface area contributed by atoms with Gasteiger partial charge in [0, 0.05) is 26.1 Å². The molecule has 1 aliphatic heterocycles. The quantitative estimate of drug-likeness (QED) is 0.730. The number of aromatic nitrogens is 4. The Kier molecular flexibility index (Phi) is 4.03. The summed E-state index contributed by atoms with van der Waals surface area (Å²) in [6.45, 7) is 4.52. The first-order chi connectivity index (χ1) is 11.7. The number of ether oxygens (including phenoxy) is 1. The molecule has 0 spiro atoms. The first-order valence-corrected chi connectivity index (χ1v) is 8.25. The molecule has 2 aromatic heterocycles. The molecule has 7 nitrogen and oxygen atoms in total. The van der Waals surface area contributed by atoms with Crippen LogP contribution in [0.5, 0.6) is 0 Å². The number of nitrogens with zero attached hydrogens (tertiary/aromatic N) is 5. The molecule has 1 aliphatic rings. The largest absolute Gasteiger partial charge is 0.363 e. The number of fused-ring (bicyclic) bond motifs is 1. The van der Waals surface area contributed by atoms with Crippen LogP contribution in [0, 0.1) is 0 Å². The van der Waals surface area contributed by atoms with E-state index in [4.69, 9.17) is 9.26 Å². The van der Waals surface area contributed by atoms with Crippen LogP contribution in [0.1, 0.15) is 24.7 Å². The first-order valence-electron chi connectivity index (χ1n) is 8.25. The average Bonchev–Trinajstić information content (AvgIpc) is 3.19. The summed E-state index contributed by atoms with van der Waals surface area (Å²) in [7, 11) is 2.08. The predicted octanol–water partition coefficient (Wildman–Crippen LogP) is 2.05. The number of rotatable bonds is 4. The summed E-state index contributed by atoms with van der Waals surface area (Å²) in [6, 6.07) is 8.09. The number of hydrogen-bond acceptors (Lipinski definition) is 6. The molecule has 0 bridgehead atoms. The summed E-state index contributed by atoms with van der Waals surface area (Å²) < 4.78 is 13.4. The normalized spacial score (nSPS) is 22.2. The van der Waals surface area contributed by atoms with Crippen molar-refractivity contribution in [2.75, 3.05) is 20.1 Å². The Morgan fingerprint density at radius 1 is 1.25 bits per heavy atom. The van der Waals surface area contributed by atoms with Crippen LogP contribution in [-0.4, -0.2) is 50.8 Å². The lowest BCUT2D eigenvalue weighted by Crippen LogP contribution is -2.40. The summed E-state index contributed by atoms with van der Waals surface area (Å²) in [6.07, 6.45) is 2.57. The van der Waals surface area contributed by atoms with Crippen LogP contribution in [0.15, 0.2) is 35.1 Å². The molecule has 1 fully saturated rings. The molecule has 7 heteroatoms. The Hall–Kier alpha value is -2.25. The minimum atomic E-state index is -0.144. The van der Waals surface area contributed by atoms with Crippen LogP contribution in [-0.2, 0) is 17.7 Å². The maximum Gasteiger partial charge on any atom is 0.257 e. The number of benzene rings is 1. The highest BCUT2D eigenvalue weighted by Gasteiger charge is 2.28. The molecule has 0 unspecified atom stereocenters. The molecular weight excluding hydrogens is 306 g/mol. The summed E-state index contributed by atoms with van der Waals surface area (Å²) in [4.78, 5) is 11.1. The molecule has 4 rings (SSSR count). The Bertz CT molecular complexity index is 817. The molecule has 3 aromatic rings. The molecule has 1 aromatic carbocycles. The molecular formula is C17H21N5O2. The van der Waals surface area contributed by atoms with Gasteiger partial charge in [0.1, 0.15) is 6.10 Å². The number of imidazole rings is 1. The minimum absolute atomic E-state index is 0.144. The highest BCUT2D eigenvalue weighted by molar-refractivity contribution is 5.74. The van der Waals surface area contributed by atoms with Crippen LogP contribution < -0.4 is 0 Å². The van der Waals surface area contributed by atoms with E-state index in [0.717, 1.165) is 30.7 Å². The van der Waals surface area contributed by atoms with E-state index in [9.17, 15) is 0 Å². The van der Waals surface area contributed by atoms with Crippen molar-refractivity contribution in [3.63, 3.8) is 0 Å². The van der Waals surface area contributed by atoms with E-state index in [2.05, 4.69) is 44.6 Å². The van der Waals surface area contributed by atoms with Crippen molar-refractivity contribution in [2.45, 2.75) is 32.1 Å². The van der Waals surface area contributed by atoms with Crippen LogP contribution in [0.3, 0.4) is 0 Å². The molecule has 24 heavy (non-hydrogen) atoms. The predicted molar refractivity (Wildman–Crippen MR) is 88.5 cm³/mol. The van der Waals surface area contributed by atoms with Gasteiger partial charge in [-0.25, -0.2) is 4.98 Å². The minimum Gasteiger partial charge on any atom is -0.363 e. The first kappa shape index (κ1) is 15.3. The Balaban J connectivity index is 1.44. The van der Waals surface area contributed by atoms with Crippen LogP contribution in [0.25, 0.3) is 11.0 Å². The lowest BCUT2D eigenvalue weighted by molar-refractivity contribution is -0.0838. The standard InChI is InChI=1S/C17H21N5O2/c1-12-9-21(2)10-15(23-12)17-19-16(20-24-17)7-8-22-11-18-13-5-3-4-6-14(13)22/h3-6,11-12,15H,7-10H2,1-2H3/t12-,15-/m1/s1. The van der Waals surface area contributed by atoms with Crippen LogP contribution in [0.2, 0.25) is 0 Å². The van der Waals surface area contributed by atoms with Crippen LogP contribution in [0.4, 0.5) is 0 Å². The zero-order valence-electron chi connectivity index (χ0n) is 13.9. The molecule has 0 aliphatic carbocycles. The van der Waals surface area contributed by atoms with Crippen molar-refractivity contribution in [2.24, 2.45) is 0 Å². The van der Waals surface area contributed by atoms with Gasteiger partial charge in [-0.05, 0) is 26.1 Å². The van der Waals surface area contributed by atoms with E-state index in [1.54, 1.807) is 0 Å². The maximum absolute atomic E-state index is 5.91. The third kappa shape index (κ3) is 3.05. The van der Waals surface area contributed by atoms with E-state index < -0.39 is 0 Å². The summed E-state index contributed by atoms with van der Waals surface area (Å²) in [5, 5.41) is 4.10. The average molecular weight is 327 g/mol. The van der Waals surface area contributed by atoms with E-state index in [1.165, 1.54) is 0 Å². The van der Waals surface area contributed by atoms with E-state index >= 15 is 0 Å². The Morgan fingerprint density at radius 2 is 2.12 bits per heavy atom. The number of hydrogen-bond donors (Lipinski definition) is 0.